The number of aromatic nitrogens is 1. The van der Waals surface area contributed by atoms with E-state index >= 15 is 0 Å². The molecule has 0 unspecified atom stereocenters. The Bertz CT molecular complexity index is 264. The highest BCUT2D eigenvalue weighted by Gasteiger charge is 2.03. The molecule has 1 aromatic rings. The van der Waals surface area contributed by atoms with Gasteiger partial charge in [-0.25, -0.2) is 0 Å². The fourth-order valence-corrected chi connectivity index (χ4v) is 1.92. The molecule has 90 valence electrons. The van der Waals surface area contributed by atoms with Crippen molar-refractivity contribution >= 4 is 12.6 Å². The van der Waals surface area contributed by atoms with E-state index in [1.807, 2.05) is 12.3 Å². The van der Waals surface area contributed by atoms with Crippen LogP contribution in [0, 0.1) is 0 Å². The van der Waals surface area contributed by atoms with E-state index in [0.29, 0.717) is 0 Å². The van der Waals surface area contributed by atoms with E-state index in [2.05, 4.69) is 41.6 Å². The molecule has 0 aliphatic carbocycles. The lowest BCUT2D eigenvalue weighted by molar-refractivity contribution is 0.270. The molecule has 1 heterocycles. The van der Waals surface area contributed by atoms with Crippen LogP contribution in [0.1, 0.15) is 31.9 Å². The van der Waals surface area contributed by atoms with Crippen LogP contribution in [0.15, 0.2) is 24.4 Å². The number of nitrogens with zero attached hydrogens (tertiary/aromatic N) is 2. The van der Waals surface area contributed by atoms with E-state index in [0.717, 1.165) is 18.8 Å². The van der Waals surface area contributed by atoms with Crippen LogP contribution in [0.2, 0.25) is 0 Å². The molecule has 0 aliphatic rings. The van der Waals surface area contributed by atoms with Crippen LogP contribution < -0.4 is 0 Å². The van der Waals surface area contributed by atoms with Gasteiger partial charge in [-0.15, -0.1) is 0 Å². The number of thiol groups is 1. The van der Waals surface area contributed by atoms with Gasteiger partial charge in [0.15, 0.2) is 0 Å². The Balaban J connectivity index is 2.26. The summed E-state index contributed by atoms with van der Waals surface area (Å²) in [6.07, 6.45) is 5.64. The van der Waals surface area contributed by atoms with Crippen molar-refractivity contribution in [2.45, 2.75) is 32.7 Å². The summed E-state index contributed by atoms with van der Waals surface area (Å²) in [7, 11) is 0. The SMILES string of the molecule is CCN(CCCCCS)Cc1ccccn1. The molecule has 0 radical (unpaired) electrons. The molecular formula is C13H22N2S. The molecule has 0 saturated carbocycles. The highest BCUT2D eigenvalue weighted by atomic mass is 32.1. The number of pyridine rings is 1. The van der Waals surface area contributed by atoms with Crippen molar-refractivity contribution < 1.29 is 0 Å². The van der Waals surface area contributed by atoms with Crippen LogP contribution in [0.25, 0.3) is 0 Å². The zero-order chi connectivity index (χ0) is 11.6. The Kier molecular flexibility index (Phi) is 7.26. The predicted octanol–water partition coefficient (Wildman–Crippen LogP) is 3.00. The molecule has 0 amide bonds. The van der Waals surface area contributed by atoms with Crippen LogP contribution in [0.5, 0.6) is 0 Å². The van der Waals surface area contributed by atoms with Gasteiger partial charge in [-0.3, -0.25) is 9.88 Å². The van der Waals surface area contributed by atoms with Gasteiger partial charge in [0.2, 0.25) is 0 Å². The van der Waals surface area contributed by atoms with Crippen molar-refractivity contribution in [3.05, 3.63) is 30.1 Å². The minimum atomic E-state index is 0.970. The van der Waals surface area contributed by atoms with Crippen molar-refractivity contribution in [2.24, 2.45) is 0 Å². The van der Waals surface area contributed by atoms with E-state index in [1.165, 1.54) is 31.5 Å². The number of unbranched alkanes of at least 4 members (excludes halogenated alkanes) is 2. The zero-order valence-electron chi connectivity index (χ0n) is 10.1. The molecule has 0 bridgehead atoms. The maximum Gasteiger partial charge on any atom is 0.0543 e. The maximum absolute atomic E-state index is 4.36. The summed E-state index contributed by atoms with van der Waals surface area (Å²) >= 11 is 4.22. The summed E-state index contributed by atoms with van der Waals surface area (Å²) in [5.74, 6) is 1.01. The smallest absolute Gasteiger partial charge is 0.0543 e. The van der Waals surface area contributed by atoms with Gasteiger partial charge in [0.25, 0.3) is 0 Å². The minimum absolute atomic E-state index is 0.970. The Morgan fingerprint density at radius 1 is 1.25 bits per heavy atom. The van der Waals surface area contributed by atoms with E-state index in [1.54, 1.807) is 0 Å². The third-order valence-corrected chi connectivity index (χ3v) is 3.01. The van der Waals surface area contributed by atoms with Gasteiger partial charge >= 0.3 is 0 Å². The molecule has 1 aromatic heterocycles. The third-order valence-electron chi connectivity index (χ3n) is 2.69. The molecule has 0 spiro atoms. The van der Waals surface area contributed by atoms with Gasteiger partial charge in [0.05, 0.1) is 5.69 Å². The largest absolute Gasteiger partial charge is 0.298 e. The normalized spacial score (nSPS) is 10.9. The predicted molar refractivity (Wildman–Crippen MR) is 72.9 cm³/mol. The topological polar surface area (TPSA) is 16.1 Å². The van der Waals surface area contributed by atoms with Gasteiger partial charge in [-0.2, -0.15) is 12.6 Å². The first-order valence-corrected chi connectivity index (χ1v) is 6.73. The molecule has 1 rings (SSSR count). The first-order valence-electron chi connectivity index (χ1n) is 6.10. The second-order valence-corrected chi connectivity index (χ2v) is 4.42. The van der Waals surface area contributed by atoms with E-state index in [4.69, 9.17) is 0 Å². The van der Waals surface area contributed by atoms with Crippen molar-refractivity contribution in [1.82, 2.24) is 9.88 Å². The fourth-order valence-electron chi connectivity index (χ4n) is 1.69. The van der Waals surface area contributed by atoms with Crippen molar-refractivity contribution in [2.75, 3.05) is 18.8 Å². The van der Waals surface area contributed by atoms with E-state index < -0.39 is 0 Å². The summed E-state index contributed by atoms with van der Waals surface area (Å²) in [4.78, 5) is 6.80. The van der Waals surface area contributed by atoms with Crippen LogP contribution in [0.4, 0.5) is 0 Å². The van der Waals surface area contributed by atoms with Crippen LogP contribution in [-0.4, -0.2) is 28.7 Å². The molecule has 16 heavy (non-hydrogen) atoms. The Labute approximate surface area is 104 Å². The monoisotopic (exact) mass is 238 g/mol. The van der Waals surface area contributed by atoms with Gasteiger partial charge in [0.1, 0.15) is 0 Å². The summed E-state index contributed by atoms with van der Waals surface area (Å²) in [5.41, 5.74) is 1.17. The van der Waals surface area contributed by atoms with Gasteiger partial charge < -0.3 is 0 Å². The lowest BCUT2D eigenvalue weighted by Crippen LogP contribution is -2.24. The number of rotatable bonds is 8. The quantitative estimate of drug-likeness (QED) is 0.553. The summed E-state index contributed by atoms with van der Waals surface area (Å²) in [5, 5.41) is 0. The standard InChI is InChI=1S/C13H22N2S/c1-2-15(10-6-3-7-11-16)12-13-8-4-5-9-14-13/h4-5,8-9,16H,2-3,6-7,10-12H2,1H3. The first-order chi connectivity index (χ1) is 7.86. The lowest BCUT2D eigenvalue weighted by Gasteiger charge is -2.19. The number of hydrogen-bond donors (Lipinski definition) is 1. The second kappa shape index (κ2) is 8.59. The van der Waals surface area contributed by atoms with E-state index in [9.17, 15) is 0 Å². The van der Waals surface area contributed by atoms with Crippen molar-refractivity contribution in [3.63, 3.8) is 0 Å². The molecular weight excluding hydrogens is 216 g/mol. The third kappa shape index (κ3) is 5.52. The average Bonchev–Trinajstić information content (AvgIpc) is 2.34. The van der Waals surface area contributed by atoms with Gasteiger partial charge in [0, 0.05) is 12.7 Å². The average molecular weight is 238 g/mol. The molecule has 0 fully saturated rings. The van der Waals surface area contributed by atoms with Crippen molar-refractivity contribution in [1.29, 1.82) is 0 Å². The zero-order valence-corrected chi connectivity index (χ0v) is 11.0. The lowest BCUT2D eigenvalue weighted by atomic mass is 10.2. The molecule has 0 atom stereocenters. The van der Waals surface area contributed by atoms with Crippen LogP contribution in [-0.2, 0) is 6.54 Å². The molecule has 2 nitrogen and oxygen atoms in total. The summed E-state index contributed by atoms with van der Waals surface area (Å²) in [6.45, 7) is 5.44. The second-order valence-electron chi connectivity index (χ2n) is 3.97. The molecule has 3 heteroatoms. The molecule has 0 aliphatic heterocycles. The highest BCUT2D eigenvalue weighted by Crippen LogP contribution is 2.04. The summed E-state index contributed by atoms with van der Waals surface area (Å²) < 4.78 is 0. The van der Waals surface area contributed by atoms with Gasteiger partial charge in [-0.1, -0.05) is 19.4 Å². The fraction of sp³-hybridized carbons (Fsp3) is 0.615. The van der Waals surface area contributed by atoms with E-state index in [-0.39, 0.29) is 0 Å². The van der Waals surface area contributed by atoms with Crippen molar-refractivity contribution in [3.8, 4) is 0 Å². The summed E-state index contributed by atoms with van der Waals surface area (Å²) in [6, 6.07) is 6.11. The van der Waals surface area contributed by atoms with Crippen LogP contribution in [0.3, 0.4) is 0 Å². The highest BCUT2D eigenvalue weighted by molar-refractivity contribution is 7.80. The van der Waals surface area contributed by atoms with Gasteiger partial charge in [-0.05, 0) is 43.8 Å². The Morgan fingerprint density at radius 3 is 2.75 bits per heavy atom. The molecule has 0 aromatic carbocycles. The minimum Gasteiger partial charge on any atom is -0.298 e. The molecule has 0 saturated heterocycles. The molecule has 0 N–H and O–H groups in total. The Hall–Kier alpha value is -0.540. The first kappa shape index (κ1) is 13.5. The Morgan fingerprint density at radius 2 is 2.12 bits per heavy atom. The number of hydrogen-bond acceptors (Lipinski definition) is 3. The van der Waals surface area contributed by atoms with Crippen LogP contribution >= 0.6 is 12.6 Å². The maximum atomic E-state index is 4.36.